The van der Waals surface area contributed by atoms with Gasteiger partial charge in [0.2, 0.25) is 0 Å². The lowest BCUT2D eigenvalue weighted by molar-refractivity contribution is 0.281. The Morgan fingerprint density at radius 3 is 2.17 bits per heavy atom. The maximum atomic E-state index is 9.11. The minimum atomic E-state index is 0.0393. The Balaban J connectivity index is 2.16. The summed E-state index contributed by atoms with van der Waals surface area (Å²) < 4.78 is 0. The van der Waals surface area contributed by atoms with E-state index >= 15 is 0 Å². The van der Waals surface area contributed by atoms with Gasteiger partial charge in [-0.05, 0) is 55.0 Å². The molecule has 2 aromatic rings. The third kappa shape index (κ3) is 4.77. The predicted octanol–water partition coefficient (Wildman–Crippen LogP) is 2.78. The molecule has 6 heteroatoms. The number of azo groups is 1. The van der Waals surface area contributed by atoms with Crippen molar-refractivity contribution in [1.29, 1.82) is 0 Å². The maximum Gasteiger partial charge on any atom is 0.0887 e. The number of rotatable bonds is 7. The van der Waals surface area contributed by atoms with E-state index in [1.54, 1.807) is 12.1 Å². The van der Waals surface area contributed by atoms with Crippen LogP contribution in [0.25, 0.3) is 0 Å². The normalized spacial score (nSPS) is 11.1. The molecule has 4 N–H and O–H groups in total. The van der Waals surface area contributed by atoms with Crippen LogP contribution in [0.2, 0.25) is 0 Å². The summed E-state index contributed by atoms with van der Waals surface area (Å²) >= 11 is 0. The largest absolute Gasteiger partial charge is 0.399 e. The molecule has 0 atom stereocenters. The molecule has 23 heavy (non-hydrogen) atoms. The van der Waals surface area contributed by atoms with Crippen LogP contribution < -0.4 is 10.6 Å². The quantitative estimate of drug-likeness (QED) is 0.541. The molecule has 6 nitrogen and oxygen atoms in total. The monoisotopic (exact) mass is 314 g/mol. The average Bonchev–Trinajstić information content (AvgIpc) is 2.55. The molecule has 0 saturated heterocycles. The summed E-state index contributed by atoms with van der Waals surface area (Å²) in [6.07, 6.45) is 0. The molecule has 0 fully saturated rings. The van der Waals surface area contributed by atoms with Gasteiger partial charge in [0.15, 0.2) is 0 Å². The second-order valence-electron chi connectivity index (χ2n) is 5.20. The molecular weight excluding hydrogens is 292 g/mol. The van der Waals surface area contributed by atoms with Gasteiger partial charge in [-0.15, -0.1) is 0 Å². The molecule has 0 heterocycles. The molecule has 122 valence electrons. The lowest BCUT2D eigenvalue weighted by Gasteiger charge is -2.23. The maximum absolute atomic E-state index is 9.11. The van der Waals surface area contributed by atoms with Crippen LogP contribution in [0.5, 0.6) is 0 Å². The minimum Gasteiger partial charge on any atom is -0.399 e. The van der Waals surface area contributed by atoms with Gasteiger partial charge in [0.25, 0.3) is 0 Å². The molecule has 0 unspecified atom stereocenters. The zero-order chi connectivity index (χ0) is 16.7. The van der Waals surface area contributed by atoms with Gasteiger partial charge in [-0.1, -0.05) is 0 Å². The number of aliphatic hydroxyl groups excluding tert-OH is 2. The first-order valence-electron chi connectivity index (χ1n) is 7.48. The molecule has 0 aliphatic heterocycles. The summed E-state index contributed by atoms with van der Waals surface area (Å²) in [6.45, 7) is 2.99. The summed E-state index contributed by atoms with van der Waals surface area (Å²) in [6, 6.07) is 13.0. The highest BCUT2D eigenvalue weighted by Gasteiger charge is 2.07. The van der Waals surface area contributed by atoms with Crippen LogP contribution in [-0.2, 0) is 0 Å². The van der Waals surface area contributed by atoms with Crippen molar-refractivity contribution in [1.82, 2.24) is 0 Å². The Labute approximate surface area is 135 Å². The number of benzene rings is 2. The molecule has 0 bridgehead atoms. The summed E-state index contributed by atoms with van der Waals surface area (Å²) in [4.78, 5) is 1.92. The summed E-state index contributed by atoms with van der Waals surface area (Å²) in [5, 5.41) is 26.7. The summed E-state index contributed by atoms with van der Waals surface area (Å²) in [7, 11) is 0. The fourth-order valence-corrected chi connectivity index (χ4v) is 2.21. The lowest BCUT2D eigenvalue weighted by atomic mass is 10.1. The second-order valence-corrected chi connectivity index (χ2v) is 5.20. The zero-order valence-electron chi connectivity index (χ0n) is 13.2. The zero-order valence-corrected chi connectivity index (χ0v) is 13.2. The van der Waals surface area contributed by atoms with Crippen molar-refractivity contribution in [2.45, 2.75) is 6.92 Å². The topological polar surface area (TPSA) is 94.4 Å². The highest BCUT2D eigenvalue weighted by Crippen LogP contribution is 2.26. The van der Waals surface area contributed by atoms with E-state index in [-0.39, 0.29) is 13.2 Å². The van der Waals surface area contributed by atoms with Crippen molar-refractivity contribution >= 4 is 22.7 Å². The Kier molecular flexibility index (Phi) is 6.08. The molecule has 2 rings (SSSR count). The Morgan fingerprint density at radius 2 is 1.61 bits per heavy atom. The van der Waals surface area contributed by atoms with Crippen LogP contribution in [0.15, 0.2) is 52.7 Å². The Hall–Kier alpha value is -2.44. The van der Waals surface area contributed by atoms with E-state index in [0.29, 0.717) is 18.8 Å². The van der Waals surface area contributed by atoms with Gasteiger partial charge in [-0.3, -0.25) is 0 Å². The molecule has 0 radical (unpaired) electrons. The van der Waals surface area contributed by atoms with Gasteiger partial charge in [0, 0.05) is 24.5 Å². The van der Waals surface area contributed by atoms with Gasteiger partial charge in [-0.2, -0.15) is 10.2 Å². The van der Waals surface area contributed by atoms with Gasteiger partial charge < -0.3 is 20.8 Å². The van der Waals surface area contributed by atoms with E-state index in [1.807, 2.05) is 42.2 Å². The van der Waals surface area contributed by atoms with Crippen molar-refractivity contribution < 1.29 is 10.2 Å². The van der Waals surface area contributed by atoms with Crippen molar-refractivity contribution in [2.24, 2.45) is 10.2 Å². The first kappa shape index (κ1) is 16.9. The van der Waals surface area contributed by atoms with Crippen molar-refractivity contribution in [3.63, 3.8) is 0 Å². The van der Waals surface area contributed by atoms with Crippen LogP contribution >= 0.6 is 0 Å². The van der Waals surface area contributed by atoms with E-state index < -0.39 is 0 Å². The number of nitrogens with zero attached hydrogens (tertiary/aromatic N) is 3. The number of nitrogens with two attached hydrogens (primary N) is 1. The molecule has 0 amide bonds. The van der Waals surface area contributed by atoms with E-state index in [4.69, 9.17) is 15.9 Å². The third-order valence-corrected chi connectivity index (χ3v) is 3.45. The van der Waals surface area contributed by atoms with Crippen LogP contribution in [0, 0.1) is 6.92 Å². The number of hydrogen-bond donors (Lipinski definition) is 3. The Morgan fingerprint density at radius 1 is 0.957 bits per heavy atom. The minimum absolute atomic E-state index is 0.0393. The van der Waals surface area contributed by atoms with E-state index in [1.165, 1.54) is 0 Å². The van der Waals surface area contributed by atoms with Crippen LogP contribution in [0.4, 0.5) is 22.7 Å². The molecule has 0 saturated carbocycles. The van der Waals surface area contributed by atoms with Gasteiger partial charge in [0.1, 0.15) is 0 Å². The van der Waals surface area contributed by atoms with Crippen LogP contribution in [0.3, 0.4) is 0 Å². The molecule has 2 aromatic carbocycles. The van der Waals surface area contributed by atoms with Gasteiger partial charge >= 0.3 is 0 Å². The Bertz CT molecular complexity index is 650. The van der Waals surface area contributed by atoms with Crippen molar-refractivity contribution in [2.75, 3.05) is 36.9 Å². The number of nitrogen functional groups attached to an aromatic ring is 1. The second kappa shape index (κ2) is 8.26. The first-order valence-corrected chi connectivity index (χ1v) is 7.48. The fourth-order valence-electron chi connectivity index (χ4n) is 2.21. The highest BCUT2D eigenvalue weighted by atomic mass is 16.3. The summed E-state index contributed by atoms with van der Waals surface area (Å²) in [5.74, 6) is 0. The van der Waals surface area contributed by atoms with Crippen LogP contribution in [0.1, 0.15) is 5.56 Å². The summed E-state index contributed by atoms with van der Waals surface area (Å²) in [5.41, 5.74) is 9.77. The lowest BCUT2D eigenvalue weighted by Crippen LogP contribution is -2.29. The van der Waals surface area contributed by atoms with E-state index in [9.17, 15) is 0 Å². The number of aryl methyl sites for hydroxylation is 1. The van der Waals surface area contributed by atoms with E-state index in [0.717, 1.165) is 22.6 Å². The molecule has 0 aliphatic rings. The number of hydrogen-bond acceptors (Lipinski definition) is 6. The van der Waals surface area contributed by atoms with Gasteiger partial charge in [0.05, 0.1) is 24.6 Å². The number of aliphatic hydroxyl groups is 2. The molecular formula is C17H22N4O2. The number of anilines is 2. The van der Waals surface area contributed by atoms with Crippen LogP contribution in [-0.4, -0.2) is 36.5 Å². The smallest absolute Gasteiger partial charge is 0.0887 e. The van der Waals surface area contributed by atoms with Crippen molar-refractivity contribution in [3.05, 3.63) is 48.0 Å². The van der Waals surface area contributed by atoms with E-state index in [2.05, 4.69) is 10.2 Å². The standard InChI is InChI=1S/C17H22N4O2/c1-13-12-16(21(8-10-22)9-11-23)6-7-17(13)20-19-15-4-2-14(18)3-5-15/h2-7,12,22-23H,8-11,18H2,1H3. The first-order chi connectivity index (χ1) is 11.1. The third-order valence-electron chi connectivity index (χ3n) is 3.45. The average molecular weight is 314 g/mol. The van der Waals surface area contributed by atoms with Crippen molar-refractivity contribution in [3.8, 4) is 0 Å². The molecule has 0 spiro atoms. The predicted molar refractivity (Wildman–Crippen MR) is 92.6 cm³/mol. The SMILES string of the molecule is Cc1cc(N(CCO)CCO)ccc1N=Nc1ccc(N)cc1. The fraction of sp³-hybridized carbons (Fsp3) is 0.294. The molecule has 0 aromatic heterocycles. The molecule has 0 aliphatic carbocycles. The highest BCUT2D eigenvalue weighted by molar-refractivity contribution is 5.58. The van der Waals surface area contributed by atoms with Gasteiger partial charge in [-0.25, -0.2) is 0 Å².